The Balaban J connectivity index is 1.45. The number of amides is 1. The summed E-state index contributed by atoms with van der Waals surface area (Å²) in [6, 6.07) is 10.6. The Hall–Kier alpha value is -2.97. The molecule has 1 aromatic heterocycles. The lowest BCUT2D eigenvalue weighted by molar-refractivity contribution is 0.102. The van der Waals surface area contributed by atoms with Gasteiger partial charge >= 0.3 is 0 Å². The van der Waals surface area contributed by atoms with Gasteiger partial charge in [0.25, 0.3) is 5.91 Å². The highest BCUT2D eigenvalue weighted by Crippen LogP contribution is 2.33. The number of nitrogens with one attached hydrogen (secondary N) is 2. The van der Waals surface area contributed by atoms with Crippen LogP contribution in [0.15, 0.2) is 53.7 Å². The Morgan fingerprint density at radius 3 is 2.58 bits per heavy atom. The number of rotatable bonds is 6. The van der Waals surface area contributed by atoms with Gasteiger partial charge in [0.1, 0.15) is 0 Å². The SMILES string of the molecule is Cc1ccc(S(=O)(=O)NC2CC2)cc1C(=O)Nc1ccc(N2CCCCC2)c2ccncc12. The highest BCUT2D eigenvalue weighted by molar-refractivity contribution is 7.89. The molecule has 0 bridgehead atoms. The van der Waals surface area contributed by atoms with E-state index in [2.05, 4.69) is 26.0 Å². The largest absolute Gasteiger partial charge is 0.371 e. The maximum absolute atomic E-state index is 13.2. The van der Waals surface area contributed by atoms with Crippen molar-refractivity contribution in [3.8, 4) is 0 Å². The minimum atomic E-state index is -3.64. The molecule has 1 aliphatic heterocycles. The number of hydrogen-bond donors (Lipinski definition) is 2. The zero-order valence-corrected chi connectivity index (χ0v) is 19.5. The van der Waals surface area contributed by atoms with Crippen molar-refractivity contribution in [2.45, 2.75) is 50.0 Å². The highest BCUT2D eigenvalue weighted by Gasteiger charge is 2.28. The number of carbonyl (C=O) groups excluding carboxylic acids is 1. The summed E-state index contributed by atoms with van der Waals surface area (Å²) in [4.78, 5) is 20.0. The minimum absolute atomic E-state index is 0.00543. The van der Waals surface area contributed by atoms with E-state index in [1.807, 2.05) is 12.1 Å². The third-order valence-electron chi connectivity index (χ3n) is 6.40. The van der Waals surface area contributed by atoms with Crippen LogP contribution in [0.25, 0.3) is 10.8 Å². The second-order valence-corrected chi connectivity index (χ2v) is 10.6. The first-order chi connectivity index (χ1) is 15.9. The van der Waals surface area contributed by atoms with Crippen molar-refractivity contribution in [1.29, 1.82) is 0 Å². The van der Waals surface area contributed by atoms with E-state index in [0.29, 0.717) is 16.8 Å². The molecule has 1 aliphatic carbocycles. The molecule has 1 saturated heterocycles. The van der Waals surface area contributed by atoms with E-state index in [9.17, 15) is 13.2 Å². The quantitative estimate of drug-likeness (QED) is 0.570. The first-order valence-corrected chi connectivity index (χ1v) is 13.0. The van der Waals surface area contributed by atoms with Gasteiger partial charge in [0.2, 0.25) is 10.0 Å². The Labute approximate surface area is 194 Å². The number of piperidine rings is 1. The number of fused-ring (bicyclic) bond motifs is 1. The average molecular weight is 465 g/mol. The van der Waals surface area contributed by atoms with Gasteiger partial charge in [-0.25, -0.2) is 13.1 Å². The maximum Gasteiger partial charge on any atom is 0.255 e. The summed E-state index contributed by atoms with van der Waals surface area (Å²) in [6.45, 7) is 3.86. The van der Waals surface area contributed by atoms with Gasteiger partial charge in [0, 0.05) is 53.5 Å². The summed E-state index contributed by atoms with van der Waals surface area (Å²) in [6.07, 6.45) is 8.87. The van der Waals surface area contributed by atoms with Crippen molar-refractivity contribution < 1.29 is 13.2 Å². The summed E-state index contributed by atoms with van der Waals surface area (Å²) in [5, 5.41) is 4.91. The molecule has 1 amide bonds. The number of aromatic nitrogens is 1. The molecule has 33 heavy (non-hydrogen) atoms. The second-order valence-electron chi connectivity index (χ2n) is 8.93. The molecule has 3 aromatic rings. The molecule has 2 heterocycles. The Morgan fingerprint density at radius 2 is 1.82 bits per heavy atom. The van der Waals surface area contributed by atoms with Crippen LogP contribution in [0.4, 0.5) is 11.4 Å². The van der Waals surface area contributed by atoms with Gasteiger partial charge in [-0.1, -0.05) is 6.07 Å². The van der Waals surface area contributed by atoms with Crippen LogP contribution in [-0.4, -0.2) is 38.4 Å². The minimum Gasteiger partial charge on any atom is -0.371 e. The molecule has 2 aromatic carbocycles. The molecule has 0 unspecified atom stereocenters. The molecule has 0 atom stereocenters. The van der Waals surface area contributed by atoms with Crippen molar-refractivity contribution >= 4 is 38.1 Å². The van der Waals surface area contributed by atoms with Crippen LogP contribution in [0.5, 0.6) is 0 Å². The number of hydrogen-bond acceptors (Lipinski definition) is 5. The van der Waals surface area contributed by atoms with Crippen molar-refractivity contribution in [1.82, 2.24) is 9.71 Å². The Bertz CT molecular complexity index is 1310. The number of sulfonamides is 1. The predicted molar refractivity (Wildman–Crippen MR) is 130 cm³/mol. The fourth-order valence-corrected chi connectivity index (χ4v) is 5.72. The summed E-state index contributed by atoms with van der Waals surface area (Å²) in [5.74, 6) is -0.341. The third kappa shape index (κ3) is 4.58. The average Bonchev–Trinajstić information content (AvgIpc) is 3.63. The summed E-state index contributed by atoms with van der Waals surface area (Å²) in [5.41, 5.74) is 2.87. The normalized spacial score (nSPS) is 16.7. The van der Waals surface area contributed by atoms with Crippen molar-refractivity contribution in [2.75, 3.05) is 23.3 Å². The number of nitrogens with zero attached hydrogens (tertiary/aromatic N) is 2. The molecule has 172 valence electrons. The van der Waals surface area contributed by atoms with Crippen LogP contribution in [0, 0.1) is 6.92 Å². The van der Waals surface area contributed by atoms with Crippen molar-refractivity contribution in [3.63, 3.8) is 0 Å². The topological polar surface area (TPSA) is 91.4 Å². The molecule has 8 heteroatoms. The van der Waals surface area contributed by atoms with Crippen LogP contribution >= 0.6 is 0 Å². The number of aryl methyl sites for hydroxylation is 1. The van der Waals surface area contributed by atoms with Gasteiger partial charge in [-0.2, -0.15) is 0 Å². The highest BCUT2D eigenvalue weighted by atomic mass is 32.2. The number of benzene rings is 2. The molecule has 7 nitrogen and oxygen atoms in total. The van der Waals surface area contributed by atoms with E-state index in [-0.39, 0.29) is 16.8 Å². The van der Waals surface area contributed by atoms with E-state index < -0.39 is 10.0 Å². The van der Waals surface area contributed by atoms with E-state index in [1.54, 1.807) is 31.5 Å². The Kier molecular flexibility index (Phi) is 5.80. The molecule has 5 rings (SSSR count). The Morgan fingerprint density at radius 1 is 1.03 bits per heavy atom. The van der Waals surface area contributed by atoms with Crippen LogP contribution in [0.2, 0.25) is 0 Å². The van der Waals surface area contributed by atoms with Gasteiger partial charge < -0.3 is 10.2 Å². The smallest absolute Gasteiger partial charge is 0.255 e. The maximum atomic E-state index is 13.2. The molecule has 0 radical (unpaired) electrons. The molecule has 2 aliphatic rings. The summed E-state index contributed by atoms with van der Waals surface area (Å²) in [7, 11) is -3.64. The molecule has 1 saturated carbocycles. The van der Waals surface area contributed by atoms with E-state index in [4.69, 9.17) is 0 Å². The van der Waals surface area contributed by atoms with Gasteiger partial charge in [-0.3, -0.25) is 9.78 Å². The van der Waals surface area contributed by atoms with Gasteiger partial charge in [-0.05, 0) is 74.9 Å². The predicted octanol–water partition coefficient (Wildman–Crippen LogP) is 4.23. The fraction of sp³-hybridized carbons (Fsp3) is 0.360. The van der Waals surface area contributed by atoms with E-state index in [0.717, 1.165) is 42.4 Å². The standard InChI is InChI=1S/C25H28N4O3S/c1-17-5-8-19(33(31,32)28-18-6-7-18)15-21(17)25(30)27-23-9-10-24(29-13-3-2-4-14-29)20-11-12-26-16-22(20)23/h5,8-12,15-16,18,28H,2-4,6-7,13-14H2,1H3,(H,27,30). The van der Waals surface area contributed by atoms with Crippen LogP contribution in [0.3, 0.4) is 0 Å². The number of pyridine rings is 1. The lowest BCUT2D eigenvalue weighted by Crippen LogP contribution is -2.29. The zero-order valence-electron chi connectivity index (χ0n) is 18.7. The number of carbonyl (C=O) groups is 1. The zero-order chi connectivity index (χ0) is 23.0. The molecule has 0 spiro atoms. The summed E-state index contributed by atoms with van der Waals surface area (Å²) >= 11 is 0. The van der Waals surface area contributed by atoms with Crippen LogP contribution in [-0.2, 0) is 10.0 Å². The second kappa shape index (κ2) is 8.76. The molecule has 2 N–H and O–H groups in total. The van der Waals surface area contributed by atoms with Gasteiger partial charge in [0.05, 0.1) is 10.6 Å². The lowest BCUT2D eigenvalue weighted by Gasteiger charge is -2.30. The van der Waals surface area contributed by atoms with E-state index in [1.165, 1.54) is 25.3 Å². The first kappa shape index (κ1) is 21.9. The molecular formula is C25H28N4O3S. The molecular weight excluding hydrogens is 436 g/mol. The van der Waals surface area contributed by atoms with Gasteiger partial charge in [-0.15, -0.1) is 0 Å². The van der Waals surface area contributed by atoms with Crippen molar-refractivity contribution in [3.05, 3.63) is 59.9 Å². The van der Waals surface area contributed by atoms with Crippen molar-refractivity contribution in [2.24, 2.45) is 0 Å². The third-order valence-corrected chi connectivity index (χ3v) is 7.92. The van der Waals surface area contributed by atoms with Crippen LogP contribution < -0.4 is 14.9 Å². The first-order valence-electron chi connectivity index (χ1n) is 11.5. The molecule has 2 fully saturated rings. The summed E-state index contributed by atoms with van der Waals surface area (Å²) < 4.78 is 27.9. The fourth-order valence-electron chi connectivity index (χ4n) is 4.39. The lowest BCUT2D eigenvalue weighted by atomic mass is 10.0. The van der Waals surface area contributed by atoms with E-state index >= 15 is 0 Å². The van der Waals surface area contributed by atoms with Crippen LogP contribution in [0.1, 0.15) is 48.0 Å². The monoisotopic (exact) mass is 464 g/mol. The van der Waals surface area contributed by atoms with Gasteiger partial charge in [0.15, 0.2) is 0 Å². The number of anilines is 2.